The highest BCUT2D eigenvalue weighted by molar-refractivity contribution is 7.84. The number of nitrogens with one attached hydrogen (secondary N) is 1. The molecule has 32 heavy (non-hydrogen) atoms. The van der Waals surface area contributed by atoms with Gasteiger partial charge in [-0.1, -0.05) is 12.1 Å². The third-order valence-corrected chi connectivity index (χ3v) is 7.10. The number of ketones is 1. The zero-order chi connectivity index (χ0) is 23.8. The zero-order valence-electron chi connectivity index (χ0n) is 19.1. The lowest BCUT2D eigenvalue weighted by molar-refractivity contribution is -0.143. The second-order valence-electron chi connectivity index (χ2n) is 8.23. The van der Waals surface area contributed by atoms with Crippen LogP contribution in [-0.2, 0) is 35.6 Å². The quantitative estimate of drug-likeness (QED) is 0.283. The second kappa shape index (κ2) is 11.7. The number of hydrogen-bond donors (Lipinski definition) is 1. The van der Waals surface area contributed by atoms with Crippen LogP contribution in [0, 0.1) is 0 Å². The molecule has 0 bridgehead atoms. The lowest BCUT2D eigenvalue weighted by Gasteiger charge is -2.36. The fourth-order valence-electron chi connectivity index (χ4n) is 3.01. The molecule has 2 rings (SSSR count). The summed E-state index contributed by atoms with van der Waals surface area (Å²) in [5.41, 5.74) is 0.450. The summed E-state index contributed by atoms with van der Waals surface area (Å²) in [6.07, 6.45) is -0.422. The van der Waals surface area contributed by atoms with Gasteiger partial charge in [-0.2, -0.15) is 11.3 Å². The fraction of sp³-hybridized carbons (Fsp3) is 0.478. The van der Waals surface area contributed by atoms with Crippen LogP contribution < -0.4 is 9.46 Å². The first kappa shape index (κ1) is 26.2. The van der Waals surface area contributed by atoms with E-state index in [9.17, 15) is 13.8 Å². The van der Waals surface area contributed by atoms with Gasteiger partial charge in [0.25, 0.3) is 0 Å². The van der Waals surface area contributed by atoms with Gasteiger partial charge in [-0.05, 0) is 60.9 Å². The first-order chi connectivity index (χ1) is 15.1. The van der Waals surface area contributed by atoms with Crippen molar-refractivity contribution < 1.29 is 28.0 Å². The van der Waals surface area contributed by atoms with Gasteiger partial charge in [0.2, 0.25) is 0 Å². The van der Waals surface area contributed by atoms with Crippen LogP contribution in [-0.4, -0.2) is 48.1 Å². The van der Waals surface area contributed by atoms with E-state index < -0.39 is 27.2 Å². The Morgan fingerprint density at radius 2 is 1.72 bits per heavy atom. The number of Topliss-reactive ketones (excluding diaryl/α,β-unsaturated/α-hetero) is 1. The van der Waals surface area contributed by atoms with E-state index in [0.717, 1.165) is 11.1 Å². The number of methoxy groups -OCH3 is 2. The minimum atomic E-state index is -1.50. The Balaban J connectivity index is 2.51. The highest BCUT2D eigenvalue weighted by Gasteiger charge is 2.41. The van der Waals surface area contributed by atoms with Gasteiger partial charge in [0.15, 0.2) is 0 Å². The van der Waals surface area contributed by atoms with Crippen molar-refractivity contribution in [2.24, 2.45) is 0 Å². The van der Waals surface area contributed by atoms with E-state index >= 15 is 0 Å². The van der Waals surface area contributed by atoms with Crippen molar-refractivity contribution in [1.29, 1.82) is 0 Å². The minimum Gasteiger partial charge on any atom is -0.491 e. The van der Waals surface area contributed by atoms with Gasteiger partial charge in [0.1, 0.15) is 24.6 Å². The molecule has 2 aromatic rings. The van der Waals surface area contributed by atoms with E-state index in [1.165, 1.54) is 18.4 Å². The van der Waals surface area contributed by atoms with Crippen LogP contribution >= 0.6 is 11.3 Å². The summed E-state index contributed by atoms with van der Waals surface area (Å²) in [6, 6.07) is 9.19. The molecule has 0 aliphatic rings. The molecule has 1 N–H and O–H groups in total. The summed E-state index contributed by atoms with van der Waals surface area (Å²) >= 11 is 1.48. The maximum atomic E-state index is 13.2. The van der Waals surface area contributed by atoms with Gasteiger partial charge < -0.3 is 14.2 Å². The van der Waals surface area contributed by atoms with Crippen LogP contribution in [0.4, 0.5) is 0 Å². The maximum absolute atomic E-state index is 13.2. The average Bonchev–Trinajstić information content (AvgIpc) is 3.28. The number of benzene rings is 1. The van der Waals surface area contributed by atoms with Gasteiger partial charge in [0, 0.05) is 13.5 Å². The molecule has 2 unspecified atom stereocenters. The molecule has 0 spiro atoms. The zero-order valence-corrected chi connectivity index (χ0v) is 20.8. The molecular formula is C23H31NO6S2. The molecule has 0 aliphatic heterocycles. The van der Waals surface area contributed by atoms with Gasteiger partial charge in [0.05, 0.1) is 35.0 Å². The monoisotopic (exact) mass is 481 g/mol. The van der Waals surface area contributed by atoms with Gasteiger partial charge >= 0.3 is 5.97 Å². The number of ether oxygens (including phenoxy) is 3. The Kier molecular flexibility index (Phi) is 9.57. The molecular weight excluding hydrogens is 450 g/mol. The third kappa shape index (κ3) is 6.96. The maximum Gasteiger partial charge on any atom is 0.313 e. The summed E-state index contributed by atoms with van der Waals surface area (Å²) in [7, 11) is 1.36. The van der Waals surface area contributed by atoms with E-state index in [0.29, 0.717) is 19.0 Å². The summed E-state index contributed by atoms with van der Waals surface area (Å²) in [5, 5.41) is 3.82. The van der Waals surface area contributed by atoms with Crippen molar-refractivity contribution in [3.05, 3.63) is 52.2 Å². The van der Waals surface area contributed by atoms with Crippen LogP contribution in [0.2, 0.25) is 0 Å². The van der Waals surface area contributed by atoms with E-state index in [4.69, 9.17) is 9.47 Å². The van der Waals surface area contributed by atoms with Crippen LogP contribution in [0.25, 0.3) is 0 Å². The van der Waals surface area contributed by atoms with Crippen molar-refractivity contribution in [3.8, 4) is 5.75 Å². The van der Waals surface area contributed by atoms with Crippen LogP contribution in [0.3, 0.4) is 0 Å². The molecule has 0 fully saturated rings. The van der Waals surface area contributed by atoms with Crippen molar-refractivity contribution in [2.45, 2.75) is 43.9 Å². The predicted octanol–water partition coefficient (Wildman–Crippen LogP) is 3.59. The van der Waals surface area contributed by atoms with E-state index in [1.807, 2.05) is 49.7 Å². The van der Waals surface area contributed by atoms with Crippen LogP contribution in [0.15, 0.2) is 41.1 Å². The highest BCUT2D eigenvalue weighted by Crippen LogP contribution is 2.37. The molecule has 2 atom stereocenters. The summed E-state index contributed by atoms with van der Waals surface area (Å²) < 4.78 is 31.2. The van der Waals surface area contributed by atoms with Gasteiger partial charge in [-0.25, -0.2) is 8.93 Å². The highest BCUT2D eigenvalue weighted by atomic mass is 32.2. The normalized spacial score (nSPS) is 14.4. The average molecular weight is 482 g/mol. The van der Waals surface area contributed by atoms with Crippen molar-refractivity contribution in [2.75, 3.05) is 27.4 Å². The number of thiophene rings is 1. The van der Waals surface area contributed by atoms with Crippen molar-refractivity contribution >= 4 is 34.1 Å². The molecule has 7 nitrogen and oxygen atoms in total. The third-order valence-electron chi connectivity index (χ3n) is 4.77. The molecule has 0 saturated heterocycles. The van der Waals surface area contributed by atoms with E-state index in [1.54, 1.807) is 19.2 Å². The van der Waals surface area contributed by atoms with E-state index in [2.05, 4.69) is 9.46 Å². The van der Waals surface area contributed by atoms with Gasteiger partial charge in [-0.3, -0.25) is 9.59 Å². The molecule has 1 aromatic heterocycles. The first-order valence-corrected chi connectivity index (χ1v) is 12.2. The molecule has 0 aliphatic carbocycles. The van der Waals surface area contributed by atoms with Crippen LogP contribution in [0.1, 0.15) is 44.7 Å². The summed E-state index contributed by atoms with van der Waals surface area (Å²) in [5.74, 6) is -0.266. The Labute approximate surface area is 196 Å². The molecule has 176 valence electrons. The van der Waals surface area contributed by atoms with Crippen molar-refractivity contribution in [3.63, 3.8) is 0 Å². The summed E-state index contributed by atoms with van der Waals surface area (Å²) in [6.45, 7) is 6.46. The Bertz CT molecular complexity index is 906. The largest absolute Gasteiger partial charge is 0.491 e. The predicted molar refractivity (Wildman–Crippen MR) is 126 cm³/mol. The van der Waals surface area contributed by atoms with Crippen molar-refractivity contribution in [1.82, 2.24) is 4.72 Å². The second-order valence-corrected chi connectivity index (χ2v) is 11.0. The number of hydrogen-bond acceptors (Lipinski definition) is 7. The Hall–Kier alpha value is -2.07. The molecule has 1 heterocycles. The van der Waals surface area contributed by atoms with Gasteiger partial charge in [-0.15, -0.1) is 0 Å². The fourth-order valence-corrected chi connectivity index (χ4v) is 4.67. The van der Waals surface area contributed by atoms with E-state index in [-0.39, 0.29) is 18.6 Å². The number of rotatable bonds is 12. The molecule has 9 heteroatoms. The minimum absolute atomic E-state index is 0.0649. The number of carbonyl (C=O) groups is 2. The Morgan fingerprint density at radius 3 is 2.25 bits per heavy atom. The standard InChI is InChI=1S/C23H31NO6S2/c1-22(2,3)32(27)24-23(18-10-13-31-16-18,15-19(25)14-21(26)29-5)17-6-8-20(9-7-17)30-12-11-28-4/h6-10,13,16,24H,11-12,14-15H2,1-5H3. The topological polar surface area (TPSA) is 90.9 Å². The number of carbonyl (C=O) groups excluding carboxylic acids is 2. The molecule has 0 saturated carbocycles. The summed E-state index contributed by atoms with van der Waals surface area (Å²) in [4.78, 5) is 24.6. The lowest BCUT2D eigenvalue weighted by atomic mass is 9.80. The smallest absolute Gasteiger partial charge is 0.313 e. The molecule has 0 radical (unpaired) electrons. The Morgan fingerprint density at radius 1 is 1.03 bits per heavy atom. The first-order valence-electron chi connectivity index (χ1n) is 10.2. The number of esters is 1. The SMILES string of the molecule is COCCOc1ccc(C(CC(=O)CC(=O)OC)(NS(=O)C(C)(C)C)c2ccsc2)cc1. The lowest BCUT2D eigenvalue weighted by Crippen LogP contribution is -2.50. The molecule has 0 amide bonds. The molecule has 1 aromatic carbocycles. The van der Waals surface area contributed by atoms with Crippen LogP contribution in [0.5, 0.6) is 5.75 Å².